The first kappa shape index (κ1) is 17.9. The van der Waals surface area contributed by atoms with Gasteiger partial charge in [-0.1, -0.05) is 17.7 Å². The lowest BCUT2D eigenvalue weighted by molar-refractivity contribution is 0.102. The summed E-state index contributed by atoms with van der Waals surface area (Å²) in [5.41, 5.74) is 3.90. The van der Waals surface area contributed by atoms with E-state index in [0.29, 0.717) is 10.7 Å². The first-order valence-electron chi connectivity index (χ1n) is 9.14. The number of likely N-dealkylation sites (tertiary alicyclic amines) is 1. The number of anilines is 1. The summed E-state index contributed by atoms with van der Waals surface area (Å²) in [5, 5.41) is 10.1. The number of thiazole rings is 1. The fourth-order valence-electron chi connectivity index (χ4n) is 3.48. The molecule has 2 aromatic heterocycles. The van der Waals surface area contributed by atoms with Gasteiger partial charge in [-0.3, -0.25) is 19.7 Å². The average Bonchev–Trinajstić information content (AvgIpc) is 3.37. The van der Waals surface area contributed by atoms with Crippen molar-refractivity contribution in [3.05, 3.63) is 64.4 Å². The third-order valence-electron chi connectivity index (χ3n) is 4.90. The molecule has 1 amide bonds. The van der Waals surface area contributed by atoms with Gasteiger partial charge >= 0.3 is 0 Å². The smallest absolute Gasteiger partial charge is 0.257 e. The predicted octanol–water partition coefficient (Wildman–Crippen LogP) is 3.77. The van der Waals surface area contributed by atoms with Gasteiger partial charge in [0.05, 0.1) is 17.4 Å². The van der Waals surface area contributed by atoms with E-state index in [1.165, 1.54) is 11.3 Å². The van der Waals surface area contributed by atoms with E-state index >= 15 is 0 Å². The van der Waals surface area contributed by atoms with Crippen LogP contribution in [0.4, 0.5) is 5.13 Å². The Balaban J connectivity index is 1.43. The van der Waals surface area contributed by atoms with Crippen molar-refractivity contribution in [3.8, 4) is 0 Å². The number of aryl methyl sites for hydroxylation is 2. The zero-order chi connectivity index (χ0) is 18.8. The Morgan fingerprint density at radius 1 is 1.30 bits per heavy atom. The minimum atomic E-state index is -0.118. The first-order valence-corrected chi connectivity index (χ1v) is 10.0. The highest BCUT2D eigenvalue weighted by Gasteiger charge is 2.28. The normalized spacial score (nSPS) is 17.3. The molecule has 1 atom stereocenters. The Kier molecular flexibility index (Phi) is 5.05. The van der Waals surface area contributed by atoms with Crippen LogP contribution in [0.2, 0.25) is 0 Å². The SMILES string of the molecule is Cc1ccc(C(=O)Nc2nc([C@H]3CCCN3Cc3ccn(C)n3)cs2)cc1. The number of nitrogens with one attached hydrogen (secondary N) is 1. The molecule has 0 saturated carbocycles. The second-order valence-corrected chi connectivity index (χ2v) is 7.87. The van der Waals surface area contributed by atoms with E-state index in [9.17, 15) is 4.79 Å². The van der Waals surface area contributed by atoms with Crippen LogP contribution in [0.3, 0.4) is 0 Å². The Morgan fingerprint density at radius 3 is 2.85 bits per heavy atom. The van der Waals surface area contributed by atoms with Crippen molar-refractivity contribution >= 4 is 22.4 Å². The summed E-state index contributed by atoms with van der Waals surface area (Å²) in [5.74, 6) is -0.118. The lowest BCUT2D eigenvalue weighted by Crippen LogP contribution is -2.23. The zero-order valence-electron chi connectivity index (χ0n) is 15.6. The summed E-state index contributed by atoms with van der Waals surface area (Å²) >= 11 is 1.49. The second-order valence-electron chi connectivity index (χ2n) is 7.01. The van der Waals surface area contributed by atoms with Gasteiger partial charge in [0.1, 0.15) is 0 Å². The number of rotatable bonds is 5. The van der Waals surface area contributed by atoms with Gasteiger partial charge in [0.25, 0.3) is 5.91 Å². The third-order valence-corrected chi connectivity index (χ3v) is 5.67. The van der Waals surface area contributed by atoms with Crippen molar-refractivity contribution in [3.63, 3.8) is 0 Å². The summed E-state index contributed by atoms with van der Waals surface area (Å²) in [4.78, 5) is 19.5. The van der Waals surface area contributed by atoms with Gasteiger partial charge in [-0.2, -0.15) is 5.10 Å². The van der Waals surface area contributed by atoms with E-state index in [1.54, 1.807) is 0 Å². The number of aromatic nitrogens is 3. The Morgan fingerprint density at radius 2 is 2.11 bits per heavy atom. The molecule has 1 aliphatic rings. The molecule has 0 aliphatic carbocycles. The lowest BCUT2D eigenvalue weighted by Gasteiger charge is -2.21. The van der Waals surface area contributed by atoms with Crippen molar-refractivity contribution in [2.24, 2.45) is 7.05 Å². The van der Waals surface area contributed by atoms with E-state index in [-0.39, 0.29) is 11.9 Å². The first-order chi connectivity index (χ1) is 13.1. The molecule has 3 heterocycles. The van der Waals surface area contributed by atoms with E-state index < -0.39 is 0 Å². The minimum absolute atomic E-state index is 0.118. The fourth-order valence-corrected chi connectivity index (χ4v) is 4.23. The fraction of sp³-hybridized carbons (Fsp3) is 0.350. The van der Waals surface area contributed by atoms with Crippen LogP contribution in [-0.2, 0) is 13.6 Å². The summed E-state index contributed by atoms with van der Waals surface area (Å²) < 4.78 is 1.84. The molecule has 0 radical (unpaired) electrons. The van der Waals surface area contributed by atoms with Crippen LogP contribution in [-0.4, -0.2) is 32.1 Å². The van der Waals surface area contributed by atoms with Crippen LogP contribution < -0.4 is 5.32 Å². The number of hydrogen-bond acceptors (Lipinski definition) is 5. The number of benzene rings is 1. The van der Waals surface area contributed by atoms with Crippen LogP contribution in [0.1, 0.15) is 46.2 Å². The largest absolute Gasteiger partial charge is 0.298 e. The molecule has 4 rings (SSSR count). The van der Waals surface area contributed by atoms with Crippen molar-refractivity contribution in [2.45, 2.75) is 32.4 Å². The summed E-state index contributed by atoms with van der Waals surface area (Å²) in [6.07, 6.45) is 4.21. The highest BCUT2D eigenvalue weighted by atomic mass is 32.1. The number of carbonyl (C=O) groups is 1. The number of nitrogens with zero attached hydrogens (tertiary/aromatic N) is 4. The van der Waals surface area contributed by atoms with Crippen molar-refractivity contribution < 1.29 is 4.79 Å². The highest BCUT2D eigenvalue weighted by molar-refractivity contribution is 7.14. The maximum absolute atomic E-state index is 12.4. The molecule has 7 heteroatoms. The molecule has 0 bridgehead atoms. The van der Waals surface area contributed by atoms with Crippen LogP contribution >= 0.6 is 11.3 Å². The molecule has 1 fully saturated rings. The number of carbonyl (C=O) groups excluding carboxylic acids is 1. The molecule has 140 valence electrons. The third kappa shape index (κ3) is 4.09. The van der Waals surface area contributed by atoms with Crippen molar-refractivity contribution in [2.75, 3.05) is 11.9 Å². The van der Waals surface area contributed by atoms with E-state index in [0.717, 1.165) is 42.9 Å². The number of amides is 1. The van der Waals surface area contributed by atoms with Crippen LogP contribution in [0.25, 0.3) is 0 Å². The predicted molar refractivity (Wildman–Crippen MR) is 107 cm³/mol. The van der Waals surface area contributed by atoms with Crippen LogP contribution in [0.5, 0.6) is 0 Å². The minimum Gasteiger partial charge on any atom is -0.298 e. The molecule has 3 aromatic rings. The molecular formula is C20H23N5OS. The van der Waals surface area contributed by atoms with Gasteiger partial charge in [0.2, 0.25) is 0 Å². The Labute approximate surface area is 162 Å². The summed E-state index contributed by atoms with van der Waals surface area (Å²) in [6, 6.07) is 9.90. The maximum atomic E-state index is 12.4. The van der Waals surface area contributed by atoms with Gasteiger partial charge in [0.15, 0.2) is 5.13 Å². The standard InChI is InChI=1S/C20H23N5OS/c1-14-5-7-15(8-6-14)19(26)22-20-21-17(13-27-20)18-4-3-10-25(18)12-16-9-11-24(2)23-16/h5-9,11,13,18H,3-4,10,12H2,1-2H3,(H,21,22,26)/t18-/m1/s1. The quantitative estimate of drug-likeness (QED) is 0.731. The molecule has 1 saturated heterocycles. The van der Waals surface area contributed by atoms with Gasteiger partial charge in [-0.15, -0.1) is 11.3 Å². The summed E-state index contributed by atoms with van der Waals surface area (Å²) in [7, 11) is 1.94. The van der Waals surface area contributed by atoms with E-state index in [1.807, 2.05) is 49.1 Å². The van der Waals surface area contributed by atoms with Crippen molar-refractivity contribution in [1.82, 2.24) is 19.7 Å². The molecule has 0 spiro atoms. The second kappa shape index (κ2) is 7.62. The zero-order valence-corrected chi connectivity index (χ0v) is 16.4. The lowest BCUT2D eigenvalue weighted by atomic mass is 10.1. The Bertz CT molecular complexity index is 930. The van der Waals surface area contributed by atoms with Crippen molar-refractivity contribution in [1.29, 1.82) is 0 Å². The van der Waals surface area contributed by atoms with Crippen LogP contribution in [0, 0.1) is 6.92 Å². The topological polar surface area (TPSA) is 63.1 Å². The van der Waals surface area contributed by atoms with Crippen LogP contribution in [0.15, 0.2) is 41.9 Å². The average molecular weight is 382 g/mol. The molecule has 1 N–H and O–H groups in total. The molecule has 27 heavy (non-hydrogen) atoms. The molecule has 6 nitrogen and oxygen atoms in total. The summed E-state index contributed by atoms with van der Waals surface area (Å²) in [6.45, 7) is 3.88. The van der Waals surface area contributed by atoms with Gasteiger partial charge < -0.3 is 0 Å². The molecular weight excluding hydrogens is 358 g/mol. The maximum Gasteiger partial charge on any atom is 0.257 e. The van der Waals surface area contributed by atoms with E-state index in [2.05, 4.69) is 26.8 Å². The Hall–Kier alpha value is -2.51. The van der Waals surface area contributed by atoms with Gasteiger partial charge in [-0.05, 0) is 44.5 Å². The van der Waals surface area contributed by atoms with E-state index in [4.69, 9.17) is 4.98 Å². The highest BCUT2D eigenvalue weighted by Crippen LogP contribution is 2.34. The molecule has 1 aliphatic heterocycles. The van der Waals surface area contributed by atoms with Gasteiger partial charge in [-0.25, -0.2) is 4.98 Å². The molecule has 0 unspecified atom stereocenters. The van der Waals surface area contributed by atoms with Gasteiger partial charge in [0, 0.05) is 30.7 Å². The monoisotopic (exact) mass is 381 g/mol. The molecule has 1 aromatic carbocycles. The number of hydrogen-bond donors (Lipinski definition) is 1.